The molecule has 1 rings (SSSR count). The van der Waals surface area contributed by atoms with Crippen LogP contribution in [0.4, 0.5) is 0 Å². The quantitative estimate of drug-likeness (QED) is 0.811. The SMILES string of the molecule is OC(CCl)(CC(Cl)(Cl)Cl)c1cccc(Cl)c1. The van der Waals surface area contributed by atoms with E-state index in [1.54, 1.807) is 24.3 Å². The van der Waals surface area contributed by atoms with Gasteiger partial charge in [0.15, 0.2) is 3.79 Å². The van der Waals surface area contributed by atoms with Gasteiger partial charge in [-0.2, -0.15) is 0 Å². The molecule has 0 spiro atoms. The minimum absolute atomic E-state index is 0.0821. The van der Waals surface area contributed by atoms with Crippen LogP contribution in [-0.2, 0) is 5.60 Å². The number of aliphatic hydroxyl groups is 1. The Hall–Kier alpha value is 0.630. The lowest BCUT2D eigenvalue weighted by Gasteiger charge is -2.29. The van der Waals surface area contributed by atoms with E-state index in [1.165, 1.54) is 0 Å². The van der Waals surface area contributed by atoms with Gasteiger partial charge in [0.1, 0.15) is 5.60 Å². The Kier molecular flexibility index (Phi) is 5.06. The molecule has 0 fully saturated rings. The summed E-state index contributed by atoms with van der Waals surface area (Å²) in [6, 6.07) is 6.67. The molecule has 0 aliphatic carbocycles. The molecule has 1 N–H and O–H groups in total. The molecule has 16 heavy (non-hydrogen) atoms. The van der Waals surface area contributed by atoms with Gasteiger partial charge in [0.25, 0.3) is 0 Å². The molecule has 0 bridgehead atoms. The van der Waals surface area contributed by atoms with E-state index >= 15 is 0 Å². The first-order chi connectivity index (χ1) is 7.27. The predicted molar refractivity (Wildman–Crippen MR) is 71.0 cm³/mol. The summed E-state index contributed by atoms with van der Waals surface area (Å²) in [6.07, 6.45) is -0.103. The van der Waals surface area contributed by atoms with Crippen molar-refractivity contribution < 1.29 is 5.11 Å². The van der Waals surface area contributed by atoms with Crippen molar-refractivity contribution in [1.82, 2.24) is 0 Å². The summed E-state index contributed by atoms with van der Waals surface area (Å²) in [5, 5.41) is 10.8. The lowest BCUT2D eigenvalue weighted by atomic mass is 9.93. The molecular formula is C10H9Cl5O. The van der Waals surface area contributed by atoms with Crippen molar-refractivity contribution in [2.45, 2.75) is 15.8 Å². The molecule has 0 heterocycles. The highest BCUT2D eigenvalue weighted by Crippen LogP contribution is 2.40. The molecule has 0 aliphatic heterocycles. The van der Waals surface area contributed by atoms with Crippen LogP contribution in [0.1, 0.15) is 12.0 Å². The van der Waals surface area contributed by atoms with E-state index in [-0.39, 0.29) is 12.3 Å². The average Bonchev–Trinajstić information content (AvgIpc) is 2.15. The first kappa shape index (κ1) is 14.7. The van der Waals surface area contributed by atoms with E-state index in [9.17, 15) is 5.11 Å². The van der Waals surface area contributed by atoms with Crippen molar-refractivity contribution in [2.75, 3.05) is 5.88 Å². The second-order valence-corrected chi connectivity index (χ2v) is 6.69. The van der Waals surface area contributed by atoms with Crippen molar-refractivity contribution in [3.8, 4) is 0 Å². The summed E-state index contributed by atoms with van der Waals surface area (Å²) < 4.78 is -1.58. The first-order valence-corrected chi connectivity index (χ1v) is 6.43. The number of hydrogen-bond donors (Lipinski definition) is 1. The van der Waals surface area contributed by atoms with Crippen molar-refractivity contribution in [3.05, 3.63) is 34.9 Å². The molecule has 0 aromatic heterocycles. The third-order valence-corrected chi connectivity index (χ3v) is 3.15. The monoisotopic (exact) mass is 320 g/mol. The van der Waals surface area contributed by atoms with Gasteiger partial charge in [-0.25, -0.2) is 0 Å². The molecule has 0 saturated heterocycles. The summed E-state index contributed by atoms with van der Waals surface area (Å²) in [7, 11) is 0. The van der Waals surface area contributed by atoms with Gasteiger partial charge in [-0.1, -0.05) is 58.5 Å². The summed E-state index contributed by atoms with van der Waals surface area (Å²) >= 11 is 28.6. The standard InChI is InChI=1S/C10H9Cl5O/c11-6-9(16,5-10(13,14)15)7-2-1-3-8(12)4-7/h1-4,16H,5-6H2. The molecule has 6 heteroatoms. The zero-order valence-electron chi connectivity index (χ0n) is 8.06. The fourth-order valence-electron chi connectivity index (χ4n) is 1.34. The topological polar surface area (TPSA) is 20.2 Å². The van der Waals surface area contributed by atoms with Crippen molar-refractivity contribution in [2.24, 2.45) is 0 Å². The van der Waals surface area contributed by atoms with Crippen LogP contribution in [0.5, 0.6) is 0 Å². The molecule has 1 aromatic rings. The maximum Gasteiger partial charge on any atom is 0.193 e. The minimum atomic E-state index is -1.58. The smallest absolute Gasteiger partial charge is 0.193 e. The maximum atomic E-state index is 10.3. The van der Waals surface area contributed by atoms with E-state index in [0.717, 1.165) is 0 Å². The lowest BCUT2D eigenvalue weighted by Crippen LogP contribution is -2.32. The molecule has 90 valence electrons. The van der Waals surface area contributed by atoms with Gasteiger partial charge < -0.3 is 5.11 Å². The normalized spacial score (nSPS) is 15.9. The molecular weight excluding hydrogens is 313 g/mol. The van der Waals surface area contributed by atoms with Crippen LogP contribution in [0, 0.1) is 0 Å². The molecule has 1 aromatic carbocycles. The third kappa shape index (κ3) is 4.14. The van der Waals surface area contributed by atoms with Gasteiger partial charge in [-0.15, -0.1) is 11.6 Å². The zero-order valence-corrected chi connectivity index (χ0v) is 11.8. The minimum Gasteiger partial charge on any atom is -0.384 e. The first-order valence-electron chi connectivity index (χ1n) is 4.38. The second-order valence-electron chi connectivity index (χ2n) is 3.47. The number of hydrogen-bond acceptors (Lipinski definition) is 1. The number of rotatable bonds is 3. The summed E-state index contributed by atoms with van der Waals surface area (Å²) in [6.45, 7) is 0. The summed E-state index contributed by atoms with van der Waals surface area (Å²) in [5.74, 6) is -0.0821. The zero-order chi connectivity index (χ0) is 12.4. The van der Waals surface area contributed by atoms with Crippen LogP contribution in [0.3, 0.4) is 0 Å². The Morgan fingerprint density at radius 3 is 2.25 bits per heavy atom. The van der Waals surface area contributed by atoms with Crippen LogP contribution < -0.4 is 0 Å². The van der Waals surface area contributed by atoms with Gasteiger partial charge in [0, 0.05) is 11.4 Å². The third-order valence-electron chi connectivity index (χ3n) is 2.08. The Bertz CT molecular complexity index is 362. The van der Waals surface area contributed by atoms with Gasteiger partial charge in [-0.3, -0.25) is 0 Å². The second kappa shape index (κ2) is 5.51. The lowest BCUT2D eigenvalue weighted by molar-refractivity contribution is 0.0528. The van der Waals surface area contributed by atoms with Crippen LogP contribution in [0.2, 0.25) is 5.02 Å². The van der Waals surface area contributed by atoms with Crippen LogP contribution in [0.25, 0.3) is 0 Å². The fraction of sp³-hybridized carbons (Fsp3) is 0.400. The van der Waals surface area contributed by atoms with Gasteiger partial charge >= 0.3 is 0 Å². The summed E-state index contributed by atoms with van der Waals surface area (Å²) in [4.78, 5) is 0. The molecule has 0 amide bonds. The Labute approximate surface area is 119 Å². The van der Waals surface area contributed by atoms with Gasteiger partial charge in [0.2, 0.25) is 0 Å². The van der Waals surface area contributed by atoms with Gasteiger partial charge in [0.05, 0.1) is 5.88 Å². The maximum absolute atomic E-state index is 10.3. The molecule has 1 unspecified atom stereocenters. The van der Waals surface area contributed by atoms with Crippen molar-refractivity contribution in [3.63, 3.8) is 0 Å². The average molecular weight is 322 g/mol. The molecule has 0 saturated carbocycles. The van der Waals surface area contributed by atoms with Crippen molar-refractivity contribution >= 4 is 58.0 Å². The largest absolute Gasteiger partial charge is 0.384 e. The van der Waals surface area contributed by atoms with E-state index < -0.39 is 9.39 Å². The molecule has 0 radical (unpaired) electrons. The van der Waals surface area contributed by atoms with Crippen LogP contribution in [0.15, 0.2) is 24.3 Å². The predicted octanol–water partition coefficient (Wildman–Crippen LogP) is 4.53. The molecule has 1 atom stereocenters. The molecule has 1 nitrogen and oxygen atoms in total. The fourth-order valence-corrected chi connectivity index (χ4v) is 2.44. The highest BCUT2D eigenvalue weighted by molar-refractivity contribution is 6.67. The van der Waals surface area contributed by atoms with E-state index in [0.29, 0.717) is 10.6 Å². The van der Waals surface area contributed by atoms with Gasteiger partial charge in [-0.05, 0) is 17.7 Å². The van der Waals surface area contributed by atoms with E-state index in [1.807, 2.05) is 0 Å². The van der Waals surface area contributed by atoms with E-state index in [4.69, 9.17) is 58.0 Å². The number of halogens is 5. The van der Waals surface area contributed by atoms with E-state index in [2.05, 4.69) is 0 Å². The van der Waals surface area contributed by atoms with Crippen LogP contribution >= 0.6 is 58.0 Å². The molecule has 0 aliphatic rings. The van der Waals surface area contributed by atoms with Crippen molar-refractivity contribution in [1.29, 1.82) is 0 Å². The Morgan fingerprint density at radius 2 is 1.81 bits per heavy atom. The summed E-state index contributed by atoms with van der Waals surface area (Å²) in [5.41, 5.74) is -0.876. The number of benzene rings is 1. The number of alkyl halides is 4. The Balaban J connectivity index is 3.05. The highest BCUT2D eigenvalue weighted by Gasteiger charge is 2.37. The van der Waals surface area contributed by atoms with Crippen LogP contribution in [-0.4, -0.2) is 14.8 Å². The Morgan fingerprint density at radius 1 is 1.19 bits per heavy atom. The highest BCUT2D eigenvalue weighted by atomic mass is 35.6.